The molecule has 2 aliphatic carbocycles. The van der Waals surface area contributed by atoms with Crippen molar-refractivity contribution in [2.45, 2.75) is 50.6 Å². The first kappa shape index (κ1) is 18.5. The van der Waals surface area contributed by atoms with Crippen molar-refractivity contribution in [3.63, 3.8) is 0 Å². The number of benzene rings is 2. The van der Waals surface area contributed by atoms with E-state index in [-0.39, 0.29) is 36.4 Å². The van der Waals surface area contributed by atoms with E-state index >= 15 is 0 Å². The standard InChI is InChI=1S/C24H28N2O3/c27-23(14-29-18-10-8-15-4-1-2-5-16(15)12-18)25-17-9-11-20-19-6-3-7-21(19)24(28)26-22(20)13-17/h1-2,4-5,8,10,12,17,19-22H,3,6-7,9,11,13-14H2,(H,25,27)(H,26,28). The van der Waals surface area contributed by atoms with Crippen LogP contribution < -0.4 is 15.4 Å². The highest BCUT2D eigenvalue weighted by molar-refractivity contribution is 5.84. The summed E-state index contributed by atoms with van der Waals surface area (Å²) in [5.41, 5.74) is 0. The van der Waals surface area contributed by atoms with Crippen LogP contribution in [0.4, 0.5) is 0 Å². The zero-order chi connectivity index (χ0) is 19.8. The highest BCUT2D eigenvalue weighted by Crippen LogP contribution is 2.46. The lowest BCUT2D eigenvalue weighted by Gasteiger charge is -2.45. The van der Waals surface area contributed by atoms with Gasteiger partial charge in [-0.1, -0.05) is 36.8 Å². The molecule has 2 N–H and O–H groups in total. The number of hydrogen-bond donors (Lipinski definition) is 2. The molecule has 2 aromatic carbocycles. The first-order valence-electron chi connectivity index (χ1n) is 10.9. The maximum atomic E-state index is 12.4. The van der Waals surface area contributed by atoms with E-state index in [1.54, 1.807) is 0 Å². The lowest BCUT2D eigenvalue weighted by molar-refractivity contribution is -0.132. The van der Waals surface area contributed by atoms with Crippen molar-refractivity contribution in [3.05, 3.63) is 42.5 Å². The third-order valence-electron chi connectivity index (χ3n) is 7.14. The van der Waals surface area contributed by atoms with Gasteiger partial charge in [-0.3, -0.25) is 9.59 Å². The van der Waals surface area contributed by atoms with E-state index in [0.717, 1.165) is 36.5 Å². The van der Waals surface area contributed by atoms with Gasteiger partial charge in [0.1, 0.15) is 5.75 Å². The number of carbonyl (C=O) groups is 2. The molecule has 152 valence electrons. The monoisotopic (exact) mass is 392 g/mol. The van der Waals surface area contributed by atoms with Gasteiger partial charge in [0.05, 0.1) is 0 Å². The molecule has 0 spiro atoms. The Hall–Kier alpha value is -2.56. The highest BCUT2D eigenvalue weighted by Gasteiger charge is 2.48. The van der Waals surface area contributed by atoms with Crippen molar-refractivity contribution in [2.75, 3.05) is 6.61 Å². The molecular weight excluding hydrogens is 364 g/mol. The summed E-state index contributed by atoms with van der Waals surface area (Å²) >= 11 is 0. The minimum Gasteiger partial charge on any atom is -0.484 e. The number of amides is 2. The molecule has 29 heavy (non-hydrogen) atoms. The summed E-state index contributed by atoms with van der Waals surface area (Å²) in [5.74, 6) is 2.22. The second kappa shape index (κ2) is 7.69. The van der Waals surface area contributed by atoms with E-state index in [1.807, 2.05) is 36.4 Å². The number of piperidine rings is 1. The van der Waals surface area contributed by atoms with Gasteiger partial charge in [-0.05, 0) is 66.8 Å². The topological polar surface area (TPSA) is 67.4 Å². The fourth-order valence-electron chi connectivity index (χ4n) is 5.80. The number of nitrogens with one attached hydrogen (secondary N) is 2. The zero-order valence-corrected chi connectivity index (χ0v) is 16.6. The zero-order valence-electron chi connectivity index (χ0n) is 16.6. The fraction of sp³-hybridized carbons (Fsp3) is 0.500. The maximum Gasteiger partial charge on any atom is 0.258 e. The van der Waals surface area contributed by atoms with Gasteiger partial charge in [0.15, 0.2) is 6.61 Å². The van der Waals surface area contributed by atoms with Crippen LogP contribution in [0.15, 0.2) is 42.5 Å². The van der Waals surface area contributed by atoms with Crippen molar-refractivity contribution < 1.29 is 14.3 Å². The summed E-state index contributed by atoms with van der Waals surface area (Å²) in [6, 6.07) is 14.3. The molecule has 5 heteroatoms. The lowest BCUT2D eigenvalue weighted by atomic mass is 9.68. The normalized spacial score (nSPS) is 30.9. The molecule has 1 heterocycles. The fourth-order valence-corrected chi connectivity index (χ4v) is 5.80. The molecule has 2 saturated carbocycles. The van der Waals surface area contributed by atoms with Gasteiger partial charge in [-0.2, -0.15) is 0 Å². The van der Waals surface area contributed by atoms with Crippen LogP contribution in [0, 0.1) is 17.8 Å². The predicted octanol–water partition coefficient (Wildman–Crippen LogP) is 3.42. The molecule has 5 unspecified atom stereocenters. The maximum absolute atomic E-state index is 12.4. The average Bonchev–Trinajstić information content (AvgIpc) is 3.23. The Kier molecular flexibility index (Phi) is 4.90. The molecule has 0 aromatic heterocycles. The molecule has 0 radical (unpaired) electrons. The largest absolute Gasteiger partial charge is 0.484 e. The summed E-state index contributed by atoms with van der Waals surface area (Å²) in [6.07, 6.45) is 6.33. The van der Waals surface area contributed by atoms with E-state index in [4.69, 9.17) is 4.74 Å². The molecule has 3 fully saturated rings. The van der Waals surface area contributed by atoms with Crippen molar-refractivity contribution >= 4 is 22.6 Å². The summed E-state index contributed by atoms with van der Waals surface area (Å²) in [4.78, 5) is 24.8. The molecule has 2 amide bonds. The highest BCUT2D eigenvalue weighted by atomic mass is 16.5. The molecular formula is C24H28N2O3. The molecule has 5 rings (SSSR count). The van der Waals surface area contributed by atoms with Gasteiger partial charge >= 0.3 is 0 Å². The van der Waals surface area contributed by atoms with Crippen LogP contribution in [0.1, 0.15) is 38.5 Å². The van der Waals surface area contributed by atoms with E-state index in [9.17, 15) is 9.59 Å². The summed E-state index contributed by atoms with van der Waals surface area (Å²) in [5, 5.41) is 8.62. The van der Waals surface area contributed by atoms with Crippen molar-refractivity contribution in [2.24, 2.45) is 17.8 Å². The Morgan fingerprint density at radius 3 is 2.79 bits per heavy atom. The van der Waals surface area contributed by atoms with Gasteiger partial charge < -0.3 is 15.4 Å². The van der Waals surface area contributed by atoms with Crippen molar-refractivity contribution in [1.82, 2.24) is 10.6 Å². The number of hydrogen-bond acceptors (Lipinski definition) is 3. The summed E-state index contributed by atoms with van der Waals surface area (Å²) in [7, 11) is 0. The van der Waals surface area contributed by atoms with Crippen LogP contribution >= 0.6 is 0 Å². The van der Waals surface area contributed by atoms with Crippen LogP contribution in [0.3, 0.4) is 0 Å². The van der Waals surface area contributed by atoms with Crippen molar-refractivity contribution in [3.8, 4) is 5.75 Å². The second-order valence-electron chi connectivity index (χ2n) is 8.86. The molecule has 3 aliphatic rings. The minimum atomic E-state index is -0.0949. The van der Waals surface area contributed by atoms with Crippen LogP contribution in [-0.2, 0) is 9.59 Å². The SMILES string of the molecule is O=C(COc1ccc2ccccc2c1)NC1CCC2C(C1)NC(=O)C1CCCC12. The third kappa shape index (κ3) is 3.70. The molecule has 1 saturated heterocycles. The van der Waals surface area contributed by atoms with E-state index in [1.165, 1.54) is 12.8 Å². The first-order chi connectivity index (χ1) is 14.2. The van der Waals surface area contributed by atoms with Crippen LogP contribution in [0.25, 0.3) is 10.8 Å². The third-order valence-corrected chi connectivity index (χ3v) is 7.14. The van der Waals surface area contributed by atoms with Gasteiger partial charge in [0.2, 0.25) is 5.91 Å². The Morgan fingerprint density at radius 1 is 1.03 bits per heavy atom. The summed E-state index contributed by atoms with van der Waals surface area (Å²) in [6.45, 7) is 0.0139. The van der Waals surface area contributed by atoms with Gasteiger partial charge in [-0.25, -0.2) is 0 Å². The number of carbonyl (C=O) groups excluding carboxylic acids is 2. The van der Waals surface area contributed by atoms with Crippen LogP contribution in [-0.4, -0.2) is 30.5 Å². The minimum absolute atomic E-state index is 0.0139. The Balaban J connectivity index is 1.15. The van der Waals surface area contributed by atoms with Gasteiger partial charge in [0.25, 0.3) is 5.91 Å². The van der Waals surface area contributed by atoms with E-state index in [2.05, 4.69) is 16.7 Å². The number of fused-ring (bicyclic) bond motifs is 4. The van der Waals surface area contributed by atoms with Crippen LogP contribution in [0.2, 0.25) is 0 Å². The molecule has 1 aliphatic heterocycles. The second-order valence-corrected chi connectivity index (χ2v) is 8.86. The van der Waals surface area contributed by atoms with E-state index in [0.29, 0.717) is 17.6 Å². The summed E-state index contributed by atoms with van der Waals surface area (Å²) < 4.78 is 5.72. The van der Waals surface area contributed by atoms with Crippen LogP contribution in [0.5, 0.6) is 5.75 Å². The smallest absolute Gasteiger partial charge is 0.258 e. The Bertz CT molecular complexity index is 927. The Morgan fingerprint density at radius 2 is 1.90 bits per heavy atom. The first-order valence-corrected chi connectivity index (χ1v) is 10.9. The molecule has 5 nitrogen and oxygen atoms in total. The van der Waals surface area contributed by atoms with Crippen molar-refractivity contribution in [1.29, 1.82) is 0 Å². The Labute approximate surface area is 171 Å². The van der Waals surface area contributed by atoms with Gasteiger partial charge in [0, 0.05) is 18.0 Å². The average molecular weight is 392 g/mol. The number of ether oxygens (including phenoxy) is 1. The molecule has 5 atom stereocenters. The molecule has 0 bridgehead atoms. The number of rotatable bonds is 4. The quantitative estimate of drug-likeness (QED) is 0.838. The molecule has 2 aromatic rings. The lowest BCUT2D eigenvalue weighted by Crippen LogP contribution is -2.57. The van der Waals surface area contributed by atoms with E-state index < -0.39 is 0 Å². The predicted molar refractivity (Wildman–Crippen MR) is 111 cm³/mol. The van der Waals surface area contributed by atoms with Gasteiger partial charge in [-0.15, -0.1) is 0 Å².